The summed E-state index contributed by atoms with van der Waals surface area (Å²) in [5.41, 5.74) is 2.18. The van der Waals surface area contributed by atoms with Crippen molar-refractivity contribution in [3.8, 4) is 0 Å². The first kappa shape index (κ1) is 22.0. The third kappa shape index (κ3) is 5.36. The van der Waals surface area contributed by atoms with E-state index in [0.717, 1.165) is 75.0 Å². The van der Waals surface area contributed by atoms with Gasteiger partial charge in [0, 0.05) is 51.0 Å². The van der Waals surface area contributed by atoms with E-state index in [1.807, 2.05) is 11.1 Å². The molecule has 7 nitrogen and oxygen atoms in total. The Morgan fingerprint density at radius 3 is 2.48 bits per heavy atom. The summed E-state index contributed by atoms with van der Waals surface area (Å²) < 4.78 is 0. The highest BCUT2D eigenvalue weighted by Crippen LogP contribution is 2.28. The van der Waals surface area contributed by atoms with Crippen molar-refractivity contribution >= 4 is 17.8 Å². The molecule has 170 valence electrons. The number of nitrogens with zero attached hydrogens (tertiary/aromatic N) is 5. The lowest BCUT2D eigenvalue weighted by molar-refractivity contribution is -0.141. The number of rotatable bonds is 4. The molecule has 0 aromatic carbocycles. The standard InChI is InChI=1S/C24H37N5O2/c1-18-9-13-29(14-10-18)24-25-16-20-15-19(7-8-21(20)26-24)23(31)27(2)17-22(30)28-11-5-3-4-6-12-28/h16,18-19H,3-15,17H2,1-2H3. The molecule has 2 saturated heterocycles. The van der Waals surface area contributed by atoms with Crippen molar-refractivity contribution in [3.63, 3.8) is 0 Å². The molecule has 0 radical (unpaired) electrons. The Kier molecular flexibility index (Phi) is 7.08. The number of anilines is 1. The van der Waals surface area contributed by atoms with E-state index in [2.05, 4.69) is 16.8 Å². The highest BCUT2D eigenvalue weighted by molar-refractivity contribution is 5.86. The molecule has 0 N–H and O–H groups in total. The monoisotopic (exact) mass is 427 g/mol. The molecular weight excluding hydrogens is 390 g/mol. The van der Waals surface area contributed by atoms with Crippen molar-refractivity contribution in [2.24, 2.45) is 11.8 Å². The quantitative estimate of drug-likeness (QED) is 0.739. The van der Waals surface area contributed by atoms with Gasteiger partial charge in [-0.1, -0.05) is 19.8 Å². The SMILES string of the molecule is CC1CCN(c2ncc3c(n2)CCC(C(=O)N(C)CC(=O)N2CCCCCC2)C3)CC1. The number of aryl methyl sites for hydroxylation is 1. The lowest BCUT2D eigenvalue weighted by Gasteiger charge is -2.32. The number of likely N-dealkylation sites (tertiary alicyclic amines) is 1. The summed E-state index contributed by atoms with van der Waals surface area (Å²) in [5, 5.41) is 0. The molecule has 1 aromatic heterocycles. The van der Waals surface area contributed by atoms with Crippen molar-refractivity contribution < 1.29 is 9.59 Å². The minimum absolute atomic E-state index is 0.0721. The molecule has 1 aliphatic carbocycles. The van der Waals surface area contributed by atoms with Crippen LogP contribution in [0.5, 0.6) is 0 Å². The zero-order valence-electron chi connectivity index (χ0n) is 19.2. The smallest absolute Gasteiger partial charge is 0.242 e. The molecule has 0 bridgehead atoms. The maximum Gasteiger partial charge on any atom is 0.242 e. The van der Waals surface area contributed by atoms with Crippen LogP contribution in [0.15, 0.2) is 6.20 Å². The fourth-order valence-corrected chi connectivity index (χ4v) is 5.08. The van der Waals surface area contributed by atoms with E-state index in [9.17, 15) is 9.59 Å². The maximum absolute atomic E-state index is 13.0. The lowest BCUT2D eigenvalue weighted by atomic mass is 9.86. The van der Waals surface area contributed by atoms with E-state index in [-0.39, 0.29) is 24.3 Å². The van der Waals surface area contributed by atoms with Gasteiger partial charge < -0.3 is 14.7 Å². The number of hydrogen-bond donors (Lipinski definition) is 0. The Balaban J connectivity index is 1.33. The number of amides is 2. The minimum atomic E-state index is -0.0836. The molecule has 0 spiro atoms. The van der Waals surface area contributed by atoms with Crippen LogP contribution in [0.25, 0.3) is 0 Å². The fraction of sp³-hybridized carbons (Fsp3) is 0.750. The molecule has 31 heavy (non-hydrogen) atoms. The van der Waals surface area contributed by atoms with E-state index in [1.54, 1.807) is 11.9 Å². The van der Waals surface area contributed by atoms with Gasteiger partial charge in [0.25, 0.3) is 0 Å². The summed E-state index contributed by atoms with van der Waals surface area (Å²) in [6.45, 7) is 6.19. The van der Waals surface area contributed by atoms with Gasteiger partial charge >= 0.3 is 0 Å². The first-order valence-corrected chi connectivity index (χ1v) is 12.1. The molecule has 2 amide bonds. The predicted molar refractivity (Wildman–Crippen MR) is 121 cm³/mol. The largest absolute Gasteiger partial charge is 0.341 e. The van der Waals surface area contributed by atoms with Crippen molar-refractivity contribution in [2.75, 3.05) is 44.7 Å². The number of piperidine rings is 1. The molecule has 7 heteroatoms. The first-order chi connectivity index (χ1) is 15.0. The van der Waals surface area contributed by atoms with E-state index < -0.39 is 0 Å². The number of aromatic nitrogens is 2. The number of carbonyl (C=O) groups is 2. The van der Waals surface area contributed by atoms with Crippen LogP contribution in [0.1, 0.15) is 63.1 Å². The zero-order chi connectivity index (χ0) is 21.8. The van der Waals surface area contributed by atoms with Crippen LogP contribution >= 0.6 is 0 Å². The Hall–Kier alpha value is -2.18. The average Bonchev–Trinajstić information content (AvgIpc) is 3.08. The third-order valence-electron chi connectivity index (χ3n) is 7.26. The van der Waals surface area contributed by atoms with Gasteiger partial charge in [-0.05, 0) is 56.4 Å². The molecule has 4 rings (SSSR count). The Morgan fingerprint density at radius 2 is 1.77 bits per heavy atom. The molecule has 1 atom stereocenters. The molecule has 0 saturated carbocycles. The predicted octanol–water partition coefficient (Wildman–Crippen LogP) is 2.68. The maximum atomic E-state index is 13.0. The van der Waals surface area contributed by atoms with Crippen LogP contribution in [0, 0.1) is 11.8 Å². The lowest BCUT2D eigenvalue weighted by Crippen LogP contribution is -2.44. The number of hydrogen-bond acceptors (Lipinski definition) is 5. The highest BCUT2D eigenvalue weighted by atomic mass is 16.2. The van der Waals surface area contributed by atoms with Crippen molar-refractivity contribution in [1.82, 2.24) is 19.8 Å². The van der Waals surface area contributed by atoms with Gasteiger partial charge in [0.2, 0.25) is 17.8 Å². The van der Waals surface area contributed by atoms with E-state index in [1.165, 1.54) is 25.7 Å². The summed E-state index contributed by atoms with van der Waals surface area (Å²) in [6.07, 6.45) is 11.1. The highest BCUT2D eigenvalue weighted by Gasteiger charge is 2.30. The van der Waals surface area contributed by atoms with Crippen LogP contribution in [0.2, 0.25) is 0 Å². The zero-order valence-corrected chi connectivity index (χ0v) is 19.2. The average molecular weight is 428 g/mol. The molecule has 1 aromatic rings. The molecule has 3 aliphatic rings. The normalized spacial score (nSPS) is 22.6. The first-order valence-electron chi connectivity index (χ1n) is 12.1. The van der Waals surface area contributed by atoms with Crippen LogP contribution in [-0.2, 0) is 22.4 Å². The summed E-state index contributed by atoms with van der Waals surface area (Å²) in [5.74, 6) is 1.69. The van der Waals surface area contributed by atoms with Gasteiger partial charge in [0.1, 0.15) is 0 Å². The second-order valence-corrected chi connectivity index (χ2v) is 9.74. The summed E-state index contributed by atoms with van der Waals surface area (Å²) in [6, 6.07) is 0. The van der Waals surface area contributed by atoms with Gasteiger partial charge in [-0.25, -0.2) is 9.97 Å². The van der Waals surface area contributed by atoms with E-state index in [4.69, 9.17) is 4.98 Å². The van der Waals surface area contributed by atoms with Crippen LogP contribution in [0.4, 0.5) is 5.95 Å². The summed E-state index contributed by atoms with van der Waals surface area (Å²) in [7, 11) is 1.77. The van der Waals surface area contributed by atoms with Gasteiger partial charge in [-0.2, -0.15) is 0 Å². The third-order valence-corrected chi connectivity index (χ3v) is 7.26. The second kappa shape index (κ2) is 9.96. The topological polar surface area (TPSA) is 69.6 Å². The minimum Gasteiger partial charge on any atom is -0.341 e. The van der Waals surface area contributed by atoms with E-state index in [0.29, 0.717) is 6.42 Å². The van der Waals surface area contributed by atoms with Crippen molar-refractivity contribution in [3.05, 3.63) is 17.5 Å². The molecule has 3 heterocycles. The van der Waals surface area contributed by atoms with Gasteiger partial charge in [-0.3, -0.25) is 9.59 Å². The van der Waals surface area contributed by atoms with Crippen molar-refractivity contribution in [2.45, 2.75) is 64.7 Å². The summed E-state index contributed by atoms with van der Waals surface area (Å²) in [4.78, 5) is 41.0. The second-order valence-electron chi connectivity index (χ2n) is 9.74. The van der Waals surface area contributed by atoms with Crippen LogP contribution < -0.4 is 4.90 Å². The van der Waals surface area contributed by atoms with Crippen molar-refractivity contribution in [1.29, 1.82) is 0 Å². The van der Waals surface area contributed by atoms with Crippen LogP contribution in [0.3, 0.4) is 0 Å². The van der Waals surface area contributed by atoms with Gasteiger partial charge in [0.15, 0.2) is 0 Å². The molecular formula is C24H37N5O2. The molecule has 1 unspecified atom stereocenters. The summed E-state index contributed by atoms with van der Waals surface area (Å²) >= 11 is 0. The van der Waals surface area contributed by atoms with Crippen LogP contribution in [-0.4, -0.2) is 71.4 Å². The fourth-order valence-electron chi connectivity index (χ4n) is 5.08. The Labute approximate surface area is 186 Å². The molecule has 2 fully saturated rings. The van der Waals surface area contributed by atoms with Gasteiger partial charge in [0.05, 0.1) is 6.54 Å². The molecule has 2 aliphatic heterocycles. The van der Waals surface area contributed by atoms with E-state index >= 15 is 0 Å². The van der Waals surface area contributed by atoms with Gasteiger partial charge in [-0.15, -0.1) is 0 Å². The number of likely N-dealkylation sites (N-methyl/N-ethyl adjacent to an activating group) is 1. The Morgan fingerprint density at radius 1 is 1.06 bits per heavy atom. The number of fused-ring (bicyclic) bond motifs is 1. The number of carbonyl (C=O) groups excluding carboxylic acids is 2. The Bertz CT molecular complexity index is 782.